The van der Waals surface area contributed by atoms with Crippen LogP contribution in [0.25, 0.3) is 0 Å². The van der Waals surface area contributed by atoms with Crippen LogP contribution in [0.4, 0.5) is 5.95 Å². The van der Waals surface area contributed by atoms with E-state index in [2.05, 4.69) is 15.3 Å². The third kappa shape index (κ3) is 2.99. The van der Waals surface area contributed by atoms with E-state index < -0.39 is 0 Å². The van der Waals surface area contributed by atoms with E-state index in [1.165, 1.54) is 0 Å². The maximum atomic E-state index is 5.48. The van der Waals surface area contributed by atoms with Crippen LogP contribution in [0, 0.1) is 13.8 Å². The van der Waals surface area contributed by atoms with Crippen molar-refractivity contribution in [2.45, 2.75) is 26.8 Å². The standard InChI is InChI=1S/C9H16N4/c1-6-4-7(2)12-9(11-6)13-8(3)5-10/h4,8H,5,10H2,1-3H3,(H,11,12,13). The molecular formula is C9H16N4. The van der Waals surface area contributed by atoms with Crippen molar-refractivity contribution in [3.05, 3.63) is 17.5 Å². The fourth-order valence-electron chi connectivity index (χ4n) is 1.07. The average Bonchev–Trinajstić information content (AvgIpc) is 2.02. The van der Waals surface area contributed by atoms with Gasteiger partial charge in [-0.1, -0.05) is 0 Å². The summed E-state index contributed by atoms with van der Waals surface area (Å²) >= 11 is 0. The number of hydrogen-bond donors (Lipinski definition) is 2. The number of nitrogens with two attached hydrogens (primary N) is 1. The molecule has 0 aliphatic carbocycles. The van der Waals surface area contributed by atoms with Crippen LogP contribution in [0.3, 0.4) is 0 Å². The summed E-state index contributed by atoms with van der Waals surface area (Å²) in [7, 11) is 0. The number of nitrogens with zero attached hydrogens (tertiary/aromatic N) is 2. The lowest BCUT2D eigenvalue weighted by Gasteiger charge is -2.11. The Balaban J connectivity index is 2.77. The summed E-state index contributed by atoms with van der Waals surface area (Å²) in [4.78, 5) is 8.49. The van der Waals surface area contributed by atoms with Crippen LogP contribution in [0.15, 0.2) is 6.07 Å². The highest BCUT2D eigenvalue weighted by atomic mass is 15.1. The molecule has 0 spiro atoms. The first-order valence-corrected chi connectivity index (χ1v) is 4.40. The van der Waals surface area contributed by atoms with Gasteiger partial charge >= 0.3 is 0 Å². The number of rotatable bonds is 3. The summed E-state index contributed by atoms with van der Waals surface area (Å²) in [6, 6.07) is 2.15. The van der Waals surface area contributed by atoms with Gasteiger partial charge in [0, 0.05) is 24.0 Å². The first-order valence-electron chi connectivity index (χ1n) is 4.40. The molecule has 1 unspecified atom stereocenters. The summed E-state index contributed by atoms with van der Waals surface area (Å²) in [6.07, 6.45) is 0. The van der Waals surface area contributed by atoms with Gasteiger partial charge in [0.25, 0.3) is 0 Å². The van der Waals surface area contributed by atoms with Crippen molar-refractivity contribution in [1.29, 1.82) is 0 Å². The molecule has 0 aliphatic rings. The molecule has 1 aromatic heterocycles. The summed E-state index contributed by atoms with van der Waals surface area (Å²) in [6.45, 7) is 6.48. The Hall–Kier alpha value is -1.16. The summed E-state index contributed by atoms with van der Waals surface area (Å²) < 4.78 is 0. The van der Waals surface area contributed by atoms with Crippen molar-refractivity contribution in [3.8, 4) is 0 Å². The fraction of sp³-hybridized carbons (Fsp3) is 0.556. The van der Waals surface area contributed by atoms with E-state index in [0.29, 0.717) is 12.5 Å². The number of aromatic nitrogens is 2. The summed E-state index contributed by atoms with van der Waals surface area (Å²) in [5.74, 6) is 0.662. The molecule has 0 bridgehead atoms. The van der Waals surface area contributed by atoms with Gasteiger partial charge in [-0.3, -0.25) is 0 Å². The molecule has 72 valence electrons. The van der Waals surface area contributed by atoms with Gasteiger partial charge in [0.2, 0.25) is 5.95 Å². The van der Waals surface area contributed by atoms with Gasteiger partial charge in [0.1, 0.15) is 0 Å². The molecule has 0 aromatic carbocycles. The Morgan fingerprint density at radius 1 is 1.38 bits per heavy atom. The topological polar surface area (TPSA) is 63.8 Å². The molecule has 3 N–H and O–H groups in total. The minimum atomic E-state index is 0.209. The van der Waals surface area contributed by atoms with Crippen molar-refractivity contribution in [3.63, 3.8) is 0 Å². The minimum Gasteiger partial charge on any atom is -0.350 e. The predicted molar refractivity (Wildman–Crippen MR) is 53.6 cm³/mol. The van der Waals surface area contributed by atoms with Crippen molar-refractivity contribution < 1.29 is 0 Å². The second-order valence-electron chi connectivity index (χ2n) is 3.26. The van der Waals surface area contributed by atoms with Gasteiger partial charge in [-0.05, 0) is 26.8 Å². The SMILES string of the molecule is Cc1cc(C)nc(NC(C)CN)n1. The molecule has 0 saturated carbocycles. The lowest BCUT2D eigenvalue weighted by molar-refractivity contribution is 0.787. The van der Waals surface area contributed by atoms with Crippen molar-refractivity contribution in [1.82, 2.24) is 9.97 Å². The quantitative estimate of drug-likeness (QED) is 0.724. The van der Waals surface area contributed by atoms with Crippen LogP contribution in [0.1, 0.15) is 18.3 Å². The van der Waals surface area contributed by atoms with E-state index in [-0.39, 0.29) is 6.04 Å². The molecule has 0 radical (unpaired) electrons. The molecule has 0 aliphatic heterocycles. The first-order chi connectivity index (χ1) is 6.11. The Bertz CT molecular complexity index is 265. The molecular weight excluding hydrogens is 164 g/mol. The monoisotopic (exact) mass is 180 g/mol. The van der Waals surface area contributed by atoms with Gasteiger partial charge in [0.05, 0.1) is 0 Å². The molecule has 0 saturated heterocycles. The molecule has 1 aromatic rings. The first kappa shape index (κ1) is 9.92. The second kappa shape index (κ2) is 4.18. The second-order valence-corrected chi connectivity index (χ2v) is 3.26. The lowest BCUT2D eigenvalue weighted by atomic mass is 10.3. The highest BCUT2D eigenvalue weighted by Gasteiger charge is 2.02. The smallest absolute Gasteiger partial charge is 0.223 e. The van der Waals surface area contributed by atoms with Crippen LogP contribution in [0.5, 0.6) is 0 Å². The number of aryl methyl sites for hydroxylation is 2. The van der Waals surface area contributed by atoms with Gasteiger partial charge in [-0.2, -0.15) is 0 Å². The average molecular weight is 180 g/mol. The lowest BCUT2D eigenvalue weighted by Crippen LogP contribution is -2.26. The van der Waals surface area contributed by atoms with Crippen molar-refractivity contribution in [2.24, 2.45) is 5.73 Å². The Morgan fingerprint density at radius 3 is 2.38 bits per heavy atom. The van der Waals surface area contributed by atoms with E-state index in [9.17, 15) is 0 Å². The third-order valence-corrected chi connectivity index (χ3v) is 1.71. The van der Waals surface area contributed by atoms with Crippen molar-refractivity contribution >= 4 is 5.95 Å². The minimum absolute atomic E-state index is 0.209. The molecule has 4 nitrogen and oxygen atoms in total. The number of anilines is 1. The number of hydrogen-bond acceptors (Lipinski definition) is 4. The maximum absolute atomic E-state index is 5.48. The van der Waals surface area contributed by atoms with Gasteiger partial charge in [-0.15, -0.1) is 0 Å². The van der Waals surface area contributed by atoms with Gasteiger partial charge < -0.3 is 11.1 Å². The molecule has 0 fully saturated rings. The van der Waals surface area contributed by atoms with Crippen LogP contribution >= 0.6 is 0 Å². The Morgan fingerprint density at radius 2 is 1.92 bits per heavy atom. The highest BCUT2D eigenvalue weighted by Crippen LogP contribution is 2.04. The zero-order valence-corrected chi connectivity index (χ0v) is 8.33. The fourth-order valence-corrected chi connectivity index (χ4v) is 1.07. The van der Waals surface area contributed by atoms with E-state index in [4.69, 9.17) is 5.73 Å². The zero-order chi connectivity index (χ0) is 9.84. The van der Waals surface area contributed by atoms with E-state index >= 15 is 0 Å². The largest absolute Gasteiger partial charge is 0.350 e. The van der Waals surface area contributed by atoms with Gasteiger partial charge in [-0.25, -0.2) is 9.97 Å². The molecule has 0 amide bonds. The Kier molecular flexibility index (Phi) is 3.19. The normalized spacial score (nSPS) is 12.6. The predicted octanol–water partition coefficient (Wildman–Crippen LogP) is 0.853. The van der Waals surface area contributed by atoms with Crippen molar-refractivity contribution in [2.75, 3.05) is 11.9 Å². The molecule has 13 heavy (non-hydrogen) atoms. The molecule has 1 heterocycles. The van der Waals surface area contributed by atoms with Gasteiger partial charge in [0.15, 0.2) is 0 Å². The molecule has 4 heteroatoms. The Labute approximate surface area is 78.6 Å². The van der Waals surface area contributed by atoms with E-state index in [1.54, 1.807) is 0 Å². The van der Waals surface area contributed by atoms with Crippen LogP contribution < -0.4 is 11.1 Å². The van der Waals surface area contributed by atoms with Crippen LogP contribution in [-0.2, 0) is 0 Å². The number of nitrogens with one attached hydrogen (secondary N) is 1. The highest BCUT2D eigenvalue weighted by molar-refractivity contribution is 5.28. The van der Waals surface area contributed by atoms with Crippen LogP contribution in [-0.4, -0.2) is 22.6 Å². The summed E-state index contributed by atoms with van der Waals surface area (Å²) in [5.41, 5.74) is 7.42. The molecule has 1 atom stereocenters. The maximum Gasteiger partial charge on any atom is 0.223 e. The van der Waals surface area contributed by atoms with E-state index in [1.807, 2.05) is 26.8 Å². The summed E-state index contributed by atoms with van der Waals surface area (Å²) in [5, 5.41) is 3.13. The molecule has 1 rings (SSSR count). The zero-order valence-electron chi connectivity index (χ0n) is 8.33. The van der Waals surface area contributed by atoms with Crippen LogP contribution in [0.2, 0.25) is 0 Å². The third-order valence-electron chi connectivity index (χ3n) is 1.71. The van der Waals surface area contributed by atoms with E-state index in [0.717, 1.165) is 11.4 Å².